The minimum Gasteiger partial charge on any atom is -0.379 e. The molecular weight excluding hydrogens is 334 g/mol. The van der Waals surface area contributed by atoms with Crippen molar-refractivity contribution in [3.8, 4) is 0 Å². The van der Waals surface area contributed by atoms with Crippen molar-refractivity contribution >= 4 is 10.1 Å². The van der Waals surface area contributed by atoms with Crippen molar-refractivity contribution in [2.24, 2.45) is 0 Å². The molecule has 0 amide bonds. The normalized spacial score (nSPS) is 15.2. The van der Waals surface area contributed by atoms with E-state index in [1.54, 1.807) is 0 Å². The Labute approximate surface area is 117 Å². The molecule has 128 valence electrons. The molecule has 0 N–H and O–H groups in total. The molecule has 0 bridgehead atoms. The van der Waals surface area contributed by atoms with Crippen molar-refractivity contribution in [3.63, 3.8) is 0 Å². The first kappa shape index (κ1) is 20.4. The van der Waals surface area contributed by atoms with Crippen molar-refractivity contribution in [1.82, 2.24) is 0 Å². The summed E-state index contributed by atoms with van der Waals surface area (Å²) in [5.41, 5.74) is -6.02. The van der Waals surface area contributed by atoms with Gasteiger partial charge in [-0.25, -0.2) is 8.57 Å². The van der Waals surface area contributed by atoms with Gasteiger partial charge in [-0.3, -0.25) is 0 Å². The summed E-state index contributed by atoms with van der Waals surface area (Å²) in [5.74, 6) is 0. The summed E-state index contributed by atoms with van der Waals surface area (Å²) in [6, 6.07) is 0. The Morgan fingerprint density at radius 3 is 2.10 bits per heavy atom. The molecule has 0 aliphatic rings. The Balaban J connectivity index is 4.31. The first-order valence-corrected chi connectivity index (χ1v) is 7.08. The molecule has 0 heterocycles. The summed E-state index contributed by atoms with van der Waals surface area (Å²) in [6.45, 7) is 0.866. The van der Waals surface area contributed by atoms with Gasteiger partial charge in [0.05, 0.1) is 13.2 Å². The molecule has 0 radical (unpaired) electrons. The minimum atomic E-state index is -6.49. The number of unbranched alkanes of at least 4 members (excludes halogenated alkanes) is 1. The summed E-state index contributed by atoms with van der Waals surface area (Å²) < 4.78 is 106. The molecule has 0 aromatic rings. The number of ether oxygens (including phenoxy) is 2. The third kappa shape index (κ3) is 7.29. The summed E-state index contributed by atoms with van der Waals surface area (Å²) in [6.07, 6.45) is -7.56. The van der Waals surface area contributed by atoms with Gasteiger partial charge in [0.1, 0.15) is 0 Å². The highest BCUT2D eigenvalue weighted by atomic mass is 32.2. The monoisotopic (exact) mass is 348 g/mol. The van der Waals surface area contributed by atoms with E-state index in [-0.39, 0.29) is 13.2 Å². The van der Waals surface area contributed by atoms with Crippen LogP contribution in [0, 0.1) is 0 Å². The second-order valence-corrected chi connectivity index (χ2v) is 5.25. The fraction of sp³-hybridized carbons (Fsp3) is 1.00. The zero-order chi connectivity index (χ0) is 16.7. The zero-order valence-corrected chi connectivity index (χ0v) is 11.6. The van der Waals surface area contributed by atoms with Gasteiger partial charge in [0.25, 0.3) is 0 Å². The third-order valence-corrected chi connectivity index (χ3v) is 2.91. The first-order chi connectivity index (χ1) is 9.44. The Kier molecular flexibility index (Phi) is 7.92. The summed E-state index contributed by atoms with van der Waals surface area (Å²) in [4.78, 5) is 0. The summed E-state index contributed by atoms with van der Waals surface area (Å²) >= 11 is 0. The second-order valence-electron chi connectivity index (χ2n) is 3.69. The molecule has 0 saturated carbocycles. The lowest BCUT2D eigenvalue weighted by Crippen LogP contribution is -2.40. The molecule has 0 fully saturated rings. The van der Waals surface area contributed by atoms with E-state index < -0.39 is 34.7 Å². The van der Waals surface area contributed by atoms with E-state index in [4.69, 9.17) is 4.74 Å². The smallest absolute Gasteiger partial charge is 0.379 e. The van der Waals surface area contributed by atoms with Crippen LogP contribution in [0.15, 0.2) is 0 Å². The lowest BCUT2D eigenvalue weighted by atomic mass is 10.4. The van der Waals surface area contributed by atoms with Gasteiger partial charge in [-0.1, -0.05) is 13.3 Å². The van der Waals surface area contributed by atoms with E-state index >= 15 is 0 Å². The lowest BCUT2D eigenvalue weighted by molar-refractivity contribution is -0.314. The van der Waals surface area contributed by atoms with Crippen molar-refractivity contribution in [2.75, 3.05) is 19.8 Å². The quantitative estimate of drug-likeness (QED) is 0.263. The number of halogens is 6. The highest BCUT2D eigenvalue weighted by Gasteiger charge is 2.54. The van der Waals surface area contributed by atoms with Gasteiger partial charge in [0.15, 0.2) is 0 Å². The highest BCUT2D eigenvalue weighted by Crippen LogP contribution is 2.31. The van der Waals surface area contributed by atoms with E-state index in [9.17, 15) is 34.8 Å². The summed E-state index contributed by atoms with van der Waals surface area (Å²) in [5, 5.41) is 0. The molecule has 0 aliphatic carbocycles. The van der Waals surface area contributed by atoms with Crippen LogP contribution in [0.3, 0.4) is 0 Å². The van der Waals surface area contributed by atoms with Crippen molar-refractivity contribution in [3.05, 3.63) is 0 Å². The number of hydrogen-bond donors (Lipinski definition) is 0. The lowest BCUT2D eigenvalue weighted by Gasteiger charge is -2.20. The Bertz CT molecular complexity index is 396. The van der Waals surface area contributed by atoms with E-state index in [2.05, 4.69) is 8.92 Å². The fourth-order valence-electron chi connectivity index (χ4n) is 0.872. The Hall–Kier alpha value is -0.590. The fourth-order valence-corrected chi connectivity index (χ4v) is 1.32. The molecule has 21 heavy (non-hydrogen) atoms. The molecule has 0 aromatic heterocycles. The molecule has 0 aromatic carbocycles. The van der Waals surface area contributed by atoms with Crippen LogP contribution in [0.25, 0.3) is 0 Å². The maximum atomic E-state index is 12.9. The maximum absolute atomic E-state index is 12.9. The van der Waals surface area contributed by atoms with Crippen molar-refractivity contribution < 1.29 is 48.4 Å². The van der Waals surface area contributed by atoms with E-state index in [0.717, 1.165) is 6.42 Å². The van der Waals surface area contributed by atoms with E-state index in [1.807, 2.05) is 6.92 Å². The number of hydrogen-bond acceptors (Lipinski definition) is 5. The van der Waals surface area contributed by atoms with Gasteiger partial charge >= 0.3 is 28.1 Å². The van der Waals surface area contributed by atoms with Crippen LogP contribution in [0.1, 0.15) is 19.8 Å². The largest absolute Gasteiger partial charge is 0.523 e. The molecular formula is C9H14F6O5S. The summed E-state index contributed by atoms with van der Waals surface area (Å²) in [7, 11) is -6.49. The van der Waals surface area contributed by atoms with Crippen LogP contribution in [0.2, 0.25) is 0 Å². The molecule has 1 unspecified atom stereocenters. The molecule has 0 rings (SSSR count). The average Bonchev–Trinajstić information content (AvgIpc) is 2.31. The van der Waals surface area contributed by atoms with Gasteiger partial charge in [-0.2, -0.15) is 30.4 Å². The van der Waals surface area contributed by atoms with Crippen LogP contribution in [-0.2, 0) is 23.8 Å². The SMILES string of the molecule is CCCCOCCOC(F)(F)C(F)OS(=O)(=O)C(F)(F)F. The predicted octanol–water partition coefficient (Wildman–Crippen LogP) is 2.57. The maximum Gasteiger partial charge on any atom is 0.523 e. The van der Waals surface area contributed by atoms with Crippen LogP contribution in [-0.4, -0.2) is 46.2 Å². The van der Waals surface area contributed by atoms with Crippen LogP contribution in [0.5, 0.6) is 0 Å². The number of rotatable bonds is 10. The zero-order valence-electron chi connectivity index (χ0n) is 10.8. The standard InChI is InChI=1S/C9H14F6O5S/c1-2-3-4-18-5-6-19-8(11,12)7(10)20-21(16,17)9(13,14)15/h7H,2-6H2,1H3. The minimum absolute atomic E-state index is 0.240. The topological polar surface area (TPSA) is 61.8 Å². The van der Waals surface area contributed by atoms with Crippen LogP contribution >= 0.6 is 0 Å². The van der Waals surface area contributed by atoms with Gasteiger partial charge < -0.3 is 9.47 Å². The van der Waals surface area contributed by atoms with Crippen LogP contribution < -0.4 is 0 Å². The van der Waals surface area contributed by atoms with Crippen LogP contribution in [0.4, 0.5) is 26.3 Å². The second kappa shape index (κ2) is 8.15. The molecule has 5 nitrogen and oxygen atoms in total. The Morgan fingerprint density at radius 2 is 1.62 bits per heavy atom. The van der Waals surface area contributed by atoms with Crippen molar-refractivity contribution in [1.29, 1.82) is 0 Å². The highest BCUT2D eigenvalue weighted by molar-refractivity contribution is 7.87. The third-order valence-electron chi connectivity index (χ3n) is 1.92. The van der Waals surface area contributed by atoms with E-state index in [0.29, 0.717) is 6.42 Å². The molecule has 0 spiro atoms. The molecule has 1 atom stereocenters. The first-order valence-electron chi connectivity index (χ1n) is 5.67. The predicted molar refractivity (Wildman–Crippen MR) is 57.6 cm³/mol. The number of alkyl halides is 6. The molecule has 0 saturated heterocycles. The van der Waals surface area contributed by atoms with Gasteiger partial charge in [-0.05, 0) is 6.42 Å². The van der Waals surface area contributed by atoms with Crippen molar-refractivity contribution in [2.45, 2.75) is 37.7 Å². The van der Waals surface area contributed by atoms with E-state index in [1.165, 1.54) is 0 Å². The average molecular weight is 348 g/mol. The van der Waals surface area contributed by atoms with Gasteiger partial charge in [0, 0.05) is 6.61 Å². The molecule has 0 aliphatic heterocycles. The van der Waals surface area contributed by atoms with Gasteiger partial charge in [-0.15, -0.1) is 0 Å². The molecule has 12 heteroatoms. The van der Waals surface area contributed by atoms with Gasteiger partial charge in [0.2, 0.25) is 0 Å². The Morgan fingerprint density at radius 1 is 1.05 bits per heavy atom.